The van der Waals surface area contributed by atoms with Gasteiger partial charge in [0.2, 0.25) is 10.0 Å². The second kappa shape index (κ2) is 8.28. The van der Waals surface area contributed by atoms with Crippen LogP contribution >= 0.6 is 0 Å². The standard InChI is InChI=1S/C20H23FN2O4S/c1-14(15-5-8-17(21)9-6-15)22-20(24)16-7-10-18(27-2)19(13-16)28(25,26)23-11-3-4-12-23/h5-10,13-14H,3-4,11-12H2,1-2H3,(H,22,24). The minimum Gasteiger partial charge on any atom is -0.495 e. The summed E-state index contributed by atoms with van der Waals surface area (Å²) >= 11 is 0. The minimum atomic E-state index is -3.74. The first kappa shape index (κ1) is 20.3. The van der Waals surface area contributed by atoms with Crippen molar-refractivity contribution < 1.29 is 22.3 Å². The van der Waals surface area contributed by atoms with Crippen LogP contribution in [0.4, 0.5) is 4.39 Å². The fourth-order valence-electron chi connectivity index (χ4n) is 3.20. The maximum absolute atomic E-state index is 13.1. The Morgan fingerprint density at radius 1 is 1.14 bits per heavy atom. The van der Waals surface area contributed by atoms with Gasteiger partial charge in [-0.1, -0.05) is 12.1 Å². The zero-order valence-electron chi connectivity index (χ0n) is 15.8. The summed E-state index contributed by atoms with van der Waals surface area (Å²) in [6, 6.07) is 9.83. The average molecular weight is 406 g/mol. The molecule has 28 heavy (non-hydrogen) atoms. The lowest BCUT2D eigenvalue weighted by Gasteiger charge is -2.19. The second-order valence-electron chi connectivity index (χ2n) is 6.72. The average Bonchev–Trinajstić information content (AvgIpc) is 3.23. The van der Waals surface area contributed by atoms with Crippen molar-refractivity contribution >= 4 is 15.9 Å². The molecule has 1 heterocycles. The van der Waals surface area contributed by atoms with Crippen molar-refractivity contribution in [1.29, 1.82) is 0 Å². The van der Waals surface area contributed by atoms with Gasteiger partial charge in [0.25, 0.3) is 5.91 Å². The molecule has 1 atom stereocenters. The van der Waals surface area contributed by atoms with Crippen LogP contribution in [0.5, 0.6) is 5.75 Å². The highest BCUT2D eigenvalue weighted by Crippen LogP contribution is 2.30. The Bertz CT molecular complexity index is 955. The van der Waals surface area contributed by atoms with E-state index >= 15 is 0 Å². The molecule has 1 fully saturated rings. The van der Waals surface area contributed by atoms with Crippen molar-refractivity contribution in [1.82, 2.24) is 9.62 Å². The Hall–Kier alpha value is -2.45. The summed E-state index contributed by atoms with van der Waals surface area (Å²) in [5, 5.41) is 2.81. The zero-order valence-corrected chi connectivity index (χ0v) is 16.6. The predicted octanol–water partition coefficient (Wildman–Crippen LogP) is 3.11. The van der Waals surface area contributed by atoms with Gasteiger partial charge in [-0.25, -0.2) is 12.8 Å². The molecule has 0 saturated carbocycles. The molecule has 6 nitrogen and oxygen atoms in total. The highest BCUT2D eigenvalue weighted by molar-refractivity contribution is 7.89. The number of ether oxygens (including phenoxy) is 1. The molecular formula is C20H23FN2O4S. The summed E-state index contributed by atoms with van der Waals surface area (Å²) in [6.45, 7) is 2.70. The van der Waals surface area contributed by atoms with Gasteiger partial charge in [-0.05, 0) is 55.7 Å². The Morgan fingerprint density at radius 2 is 1.79 bits per heavy atom. The van der Waals surface area contributed by atoms with E-state index in [0.717, 1.165) is 18.4 Å². The molecule has 8 heteroatoms. The van der Waals surface area contributed by atoms with Crippen LogP contribution in [0.1, 0.15) is 41.7 Å². The van der Waals surface area contributed by atoms with E-state index in [4.69, 9.17) is 4.74 Å². The molecule has 2 aromatic carbocycles. The molecule has 2 aromatic rings. The molecular weight excluding hydrogens is 383 g/mol. The third-order valence-corrected chi connectivity index (χ3v) is 6.75. The number of methoxy groups -OCH3 is 1. The highest BCUT2D eigenvalue weighted by Gasteiger charge is 2.30. The summed E-state index contributed by atoms with van der Waals surface area (Å²) in [4.78, 5) is 12.6. The molecule has 1 aliphatic rings. The summed E-state index contributed by atoms with van der Waals surface area (Å²) in [5.74, 6) is -0.568. The molecule has 0 aliphatic carbocycles. The van der Waals surface area contributed by atoms with Gasteiger partial charge in [0.1, 0.15) is 16.5 Å². The van der Waals surface area contributed by atoms with Crippen LogP contribution in [0.2, 0.25) is 0 Å². The van der Waals surface area contributed by atoms with E-state index in [9.17, 15) is 17.6 Å². The SMILES string of the molecule is COc1ccc(C(=O)NC(C)c2ccc(F)cc2)cc1S(=O)(=O)N1CCCC1. The number of nitrogens with zero attached hydrogens (tertiary/aromatic N) is 1. The van der Waals surface area contributed by atoms with Crippen LogP contribution in [-0.4, -0.2) is 38.8 Å². The molecule has 1 saturated heterocycles. The number of benzene rings is 2. The van der Waals surface area contributed by atoms with E-state index in [0.29, 0.717) is 13.1 Å². The Labute approximate surface area is 164 Å². The van der Waals surface area contributed by atoms with Crippen LogP contribution in [0, 0.1) is 5.82 Å². The van der Waals surface area contributed by atoms with Crippen molar-refractivity contribution in [3.8, 4) is 5.75 Å². The van der Waals surface area contributed by atoms with E-state index in [1.807, 2.05) is 0 Å². The van der Waals surface area contributed by atoms with E-state index in [-0.39, 0.29) is 28.1 Å². The van der Waals surface area contributed by atoms with Crippen LogP contribution in [0.3, 0.4) is 0 Å². The van der Waals surface area contributed by atoms with Gasteiger partial charge in [0, 0.05) is 18.7 Å². The smallest absolute Gasteiger partial charge is 0.251 e. The fourth-order valence-corrected chi connectivity index (χ4v) is 4.90. The molecule has 0 spiro atoms. The van der Waals surface area contributed by atoms with E-state index in [1.165, 1.54) is 41.7 Å². The third kappa shape index (κ3) is 4.18. The summed E-state index contributed by atoms with van der Waals surface area (Å²) in [6.07, 6.45) is 1.63. The van der Waals surface area contributed by atoms with Gasteiger partial charge in [-0.3, -0.25) is 4.79 Å². The van der Waals surface area contributed by atoms with Crippen molar-refractivity contribution in [3.05, 3.63) is 59.4 Å². The number of carbonyl (C=O) groups excluding carboxylic acids is 1. The summed E-state index contributed by atoms with van der Waals surface area (Å²) in [7, 11) is -2.34. The first-order valence-electron chi connectivity index (χ1n) is 9.07. The summed E-state index contributed by atoms with van der Waals surface area (Å²) < 4.78 is 45.6. The Morgan fingerprint density at radius 3 is 2.39 bits per heavy atom. The number of hydrogen-bond acceptors (Lipinski definition) is 4. The van der Waals surface area contributed by atoms with Crippen LogP contribution in [0.15, 0.2) is 47.4 Å². The molecule has 0 aromatic heterocycles. The third-order valence-electron chi connectivity index (χ3n) is 4.83. The number of hydrogen-bond donors (Lipinski definition) is 1. The van der Waals surface area contributed by atoms with Crippen LogP contribution in [0.25, 0.3) is 0 Å². The lowest BCUT2D eigenvalue weighted by molar-refractivity contribution is 0.0939. The predicted molar refractivity (Wildman–Crippen MR) is 103 cm³/mol. The van der Waals surface area contributed by atoms with Crippen LogP contribution < -0.4 is 10.1 Å². The first-order chi connectivity index (χ1) is 13.3. The maximum atomic E-state index is 13.1. The van der Waals surface area contributed by atoms with Gasteiger partial charge in [0.05, 0.1) is 13.2 Å². The fraction of sp³-hybridized carbons (Fsp3) is 0.350. The monoisotopic (exact) mass is 406 g/mol. The largest absolute Gasteiger partial charge is 0.495 e. The molecule has 1 N–H and O–H groups in total. The number of nitrogens with one attached hydrogen (secondary N) is 1. The number of rotatable bonds is 6. The number of carbonyl (C=O) groups is 1. The lowest BCUT2D eigenvalue weighted by Crippen LogP contribution is -2.29. The Balaban J connectivity index is 1.86. The van der Waals surface area contributed by atoms with Crippen molar-refractivity contribution in [2.24, 2.45) is 0 Å². The van der Waals surface area contributed by atoms with Gasteiger partial charge < -0.3 is 10.1 Å². The molecule has 1 aliphatic heterocycles. The highest BCUT2D eigenvalue weighted by atomic mass is 32.2. The normalized spacial score (nSPS) is 16.0. The molecule has 3 rings (SSSR count). The topological polar surface area (TPSA) is 75.7 Å². The van der Waals surface area contributed by atoms with Gasteiger partial charge in [0.15, 0.2) is 0 Å². The van der Waals surface area contributed by atoms with Crippen molar-refractivity contribution in [2.45, 2.75) is 30.7 Å². The van der Waals surface area contributed by atoms with E-state index < -0.39 is 15.9 Å². The maximum Gasteiger partial charge on any atom is 0.251 e. The van der Waals surface area contributed by atoms with Gasteiger partial charge >= 0.3 is 0 Å². The van der Waals surface area contributed by atoms with E-state index in [1.54, 1.807) is 19.1 Å². The first-order valence-corrected chi connectivity index (χ1v) is 10.5. The van der Waals surface area contributed by atoms with Crippen molar-refractivity contribution in [2.75, 3.05) is 20.2 Å². The summed E-state index contributed by atoms with van der Waals surface area (Å²) in [5.41, 5.74) is 0.959. The van der Waals surface area contributed by atoms with E-state index in [2.05, 4.69) is 5.32 Å². The molecule has 1 unspecified atom stereocenters. The molecule has 150 valence electrons. The van der Waals surface area contributed by atoms with Crippen LogP contribution in [-0.2, 0) is 10.0 Å². The molecule has 0 radical (unpaired) electrons. The minimum absolute atomic E-state index is 0.0148. The Kier molecular flexibility index (Phi) is 6.00. The van der Waals surface area contributed by atoms with Gasteiger partial charge in [-0.2, -0.15) is 4.31 Å². The molecule has 0 bridgehead atoms. The number of halogens is 1. The lowest BCUT2D eigenvalue weighted by atomic mass is 10.1. The quantitative estimate of drug-likeness (QED) is 0.800. The number of amides is 1. The second-order valence-corrected chi connectivity index (χ2v) is 8.63. The molecule has 1 amide bonds. The van der Waals surface area contributed by atoms with Crippen molar-refractivity contribution in [3.63, 3.8) is 0 Å². The number of sulfonamides is 1. The zero-order chi connectivity index (χ0) is 20.3. The van der Waals surface area contributed by atoms with Gasteiger partial charge in [-0.15, -0.1) is 0 Å².